The van der Waals surface area contributed by atoms with Crippen LogP contribution in [0.4, 0.5) is 0 Å². The number of carbonyl (C=O) groups excluding carboxylic acids is 1. The van der Waals surface area contributed by atoms with E-state index < -0.39 is 0 Å². The Morgan fingerprint density at radius 2 is 2.13 bits per heavy atom. The Morgan fingerprint density at radius 3 is 2.83 bits per heavy atom. The van der Waals surface area contributed by atoms with E-state index in [1.54, 1.807) is 11.3 Å². The van der Waals surface area contributed by atoms with Crippen LogP contribution in [-0.4, -0.2) is 26.1 Å². The summed E-state index contributed by atoms with van der Waals surface area (Å²) in [5.74, 6) is 0.549. The lowest BCUT2D eigenvalue weighted by Gasteiger charge is -2.01. The highest BCUT2D eigenvalue weighted by molar-refractivity contribution is 7.13. The van der Waals surface area contributed by atoms with E-state index in [1.165, 1.54) is 11.9 Å². The third-order valence-corrected chi connectivity index (χ3v) is 4.36. The Hall–Kier alpha value is -2.54. The lowest BCUT2D eigenvalue weighted by atomic mass is 10.1. The van der Waals surface area contributed by atoms with Crippen molar-refractivity contribution < 1.29 is 4.79 Å². The molecule has 0 atom stereocenters. The van der Waals surface area contributed by atoms with Crippen LogP contribution < -0.4 is 5.32 Å². The number of hydrogen-bond donors (Lipinski definition) is 2. The molecule has 0 aliphatic carbocycles. The molecule has 3 rings (SSSR count). The van der Waals surface area contributed by atoms with Gasteiger partial charge in [0.15, 0.2) is 0 Å². The van der Waals surface area contributed by atoms with Crippen molar-refractivity contribution in [1.29, 1.82) is 0 Å². The number of carbonyl (C=O) groups is 1. The third kappa shape index (κ3) is 4.01. The van der Waals surface area contributed by atoms with Crippen LogP contribution in [0.3, 0.4) is 0 Å². The largest absolute Gasteiger partial charge is 0.348 e. The van der Waals surface area contributed by atoms with E-state index in [4.69, 9.17) is 0 Å². The average Bonchev–Trinajstić information content (AvgIpc) is 3.25. The minimum atomic E-state index is -0.0837. The molecule has 0 saturated heterocycles. The smallest absolute Gasteiger partial charge is 0.226 e. The van der Waals surface area contributed by atoms with Crippen LogP contribution in [0, 0.1) is 0 Å². The Bertz CT molecular complexity index is 764. The topological polar surface area (TPSA) is 83.6 Å². The van der Waals surface area contributed by atoms with Gasteiger partial charge in [0.25, 0.3) is 0 Å². The average molecular weight is 327 g/mol. The van der Waals surface area contributed by atoms with Gasteiger partial charge in [-0.2, -0.15) is 5.10 Å². The van der Waals surface area contributed by atoms with E-state index in [2.05, 4.69) is 56.7 Å². The van der Waals surface area contributed by atoms with Gasteiger partial charge in [-0.25, -0.2) is 9.97 Å². The number of aromatic amines is 1. The Morgan fingerprint density at radius 1 is 1.30 bits per heavy atom. The summed E-state index contributed by atoms with van der Waals surface area (Å²) in [5.41, 5.74) is 3.16. The summed E-state index contributed by atoms with van der Waals surface area (Å²) in [7, 11) is 0. The molecule has 0 aliphatic heterocycles. The van der Waals surface area contributed by atoms with Crippen LogP contribution in [0.2, 0.25) is 0 Å². The monoisotopic (exact) mass is 327 g/mol. The predicted octanol–water partition coefficient (Wildman–Crippen LogP) is 2.35. The van der Waals surface area contributed by atoms with E-state index in [0.717, 1.165) is 22.7 Å². The quantitative estimate of drug-likeness (QED) is 0.728. The van der Waals surface area contributed by atoms with Gasteiger partial charge in [0, 0.05) is 10.9 Å². The number of H-pyrrole nitrogens is 1. The molecule has 0 unspecified atom stereocenters. The van der Waals surface area contributed by atoms with Crippen molar-refractivity contribution in [3.63, 3.8) is 0 Å². The van der Waals surface area contributed by atoms with E-state index in [1.807, 2.05) is 5.38 Å². The number of thiazole rings is 1. The molecule has 2 N–H and O–H groups in total. The number of aromatic nitrogens is 4. The minimum Gasteiger partial charge on any atom is -0.348 e. The highest BCUT2D eigenvalue weighted by atomic mass is 32.1. The van der Waals surface area contributed by atoms with Gasteiger partial charge in [-0.3, -0.25) is 9.89 Å². The number of amides is 1. The standard InChI is InChI=1S/C16H17N5OS/c1-2-11-3-5-12(6-4-11)16-20-13(9-23-16)7-15(22)17-8-14-18-10-19-21-14/h3-6,9-10H,2,7-8H2,1H3,(H,17,22)(H,18,19,21). The van der Waals surface area contributed by atoms with E-state index in [9.17, 15) is 4.79 Å². The molecule has 2 heterocycles. The number of nitrogens with one attached hydrogen (secondary N) is 2. The van der Waals surface area contributed by atoms with Crippen LogP contribution in [0.5, 0.6) is 0 Å². The molecule has 2 aromatic heterocycles. The second-order valence-electron chi connectivity index (χ2n) is 5.08. The SMILES string of the molecule is CCc1ccc(-c2nc(CC(=O)NCc3ncn[nH]3)cs2)cc1. The Kier molecular flexibility index (Phi) is 4.77. The molecule has 0 bridgehead atoms. The first kappa shape index (κ1) is 15.4. The summed E-state index contributed by atoms with van der Waals surface area (Å²) in [6.45, 7) is 2.47. The second-order valence-corrected chi connectivity index (χ2v) is 5.94. The number of hydrogen-bond acceptors (Lipinski definition) is 5. The second kappa shape index (κ2) is 7.15. The van der Waals surface area contributed by atoms with Gasteiger partial charge in [0.05, 0.1) is 18.7 Å². The molecule has 0 radical (unpaired) electrons. The molecule has 0 saturated carbocycles. The first-order valence-corrected chi connectivity index (χ1v) is 8.27. The third-order valence-electron chi connectivity index (χ3n) is 3.42. The van der Waals surface area contributed by atoms with Crippen molar-refractivity contribution in [2.24, 2.45) is 0 Å². The molecule has 118 valence electrons. The van der Waals surface area contributed by atoms with Gasteiger partial charge >= 0.3 is 0 Å². The summed E-state index contributed by atoms with van der Waals surface area (Å²) in [6.07, 6.45) is 2.70. The molecule has 3 aromatic rings. The van der Waals surface area contributed by atoms with Crippen LogP contribution in [-0.2, 0) is 24.2 Å². The lowest BCUT2D eigenvalue weighted by molar-refractivity contribution is -0.120. The fourth-order valence-electron chi connectivity index (χ4n) is 2.13. The maximum Gasteiger partial charge on any atom is 0.226 e. The molecule has 0 fully saturated rings. The zero-order valence-electron chi connectivity index (χ0n) is 12.7. The van der Waals surface area contributed by atoms with E-state index in [0.29, 0.717) is 12.4 Å². The maximum absolute atomic E-state index is 11.9. The number of aryl methyl sites for hydroxylation is 1. The number of nitrogens with zero attached hydrogens (tertiary/aromatic N) is 3. The van der Waals surface area contributed by atoms with Crippen molar-refractivity contribution in [2.75, 3.05) is 0 Å². The fourth-order valence-corrected chi connectivity index (χ4v) is 2.95. The molecular formula is C16H17N5OS. The molecular weight excluding hydrogens is 310 g/mol. The van der Waals surface area contributed by atoms with Crippen LogP contribution in [0.15, 0.2) is 36.0 Å². The van der Waals surface area contributed by atoms with Gasteiger partial charge in [0.2, 0.25) is 5.91 Å². The summed E-state index contributed by atoms with van der Waals surface area (Å²) in [6, 6.07) is 8.37. The molecule has 1 amide bonds. The lowest BCUT2D eigenvalue weighted by Crippen LogP contribution is -2.25. The predicted molar refractivity (Wildman–Crippen MR) is 88.9 cm³/mol. The zero-order valence-corrected chi connectivity index (χ0v) is 13.6. The van der Waals surface area contributed by atoms with Gasteiger partial charge in [-0.05, 0) is 12.0 Å². The molecule has 0 spiro atoms. The molecule has 0 aliphatic rings. The number of benzene rings is 1. The van der Waals surface area contributed by atoms with Crippen molar-refractivity contribution in [3.8, 4) is 10.6 Å². The van der Waals surface area contributed by atoms with Crippen LogP contribution >= 0.6 is 11.3 Å². The summed E-state index contributed by atoms with van der Waals surface area (Å²) >= 11 is 1.55. The Labute approximate surface area is 138 Å². The maximum atomic E-state index is 11.9. The van der Waals surface area contributed by atoms with Crippen molar-refractivity contribution in [3.05, 3.63) is 53.1 Å². The Balaban J connectivity index is 1.58. The van der Waals surface area contributed by atoms with E-state index >= 15 is 0 Å². The van der Waals surface area contributed by atoms with Crippen molar-refractivity contribution in [1.82, 2.24) is 25.5 Å². The van der Waals surface area contributed by atoms with Crippen molar-refractivity contribution in [2.45, 2.75) is 26.3 Å². The van der Waals surface area contributed by atoms with Gasteiger partial charge in [-0.1, -0.05) is 31.2 Å². The van der Waals surface area contributed by atoms with Gasteiger partial charge in [0.1, 0.15) is 17.2 Å². The summed E-state index contributed by atoms with van der Waals surface area (Å²) in [4.78, 5) is 20.4. The van der Waals surface area contributed by atoms with Gasteiger partial charge in [-0.15, -0.1) is 11.3 Å². The zero-order chi connectivity index (χ0) is 16.1. The van der Waals surface area contributed by atoms with Crippen LogP contribution in [0.25, 0.3) is 10.6 Å². The van der Waals surface area contributed by atoms with Crippen LogP contribution in [0.1, 0.15) is 24.0 Å². The summed E-state index contributed by atoms with van der Waals surface area (Å²) in [5, 5.41) is 12.1. The molecule has 6 nitrogen and oxygen atoms in total. The molecule has 7 heteroatoms. The first-order valence-electron chi connectivity index (χ1n) is 7.39. The number of rotatable bonds is 6. The normalized spacial score (nSPS) is 10.7. The fraction of sp³-hybridized carbons (Fsp3) is 0.250. The molecule has 1 aromatic carbocycles. The first-order chi connectivity index (χ1) is 11.2. The minimum absolute atomic E-state index is 0.0837. The van der Waals surface area contributed by atoms with Gasteiger partial charge < -0.3 is 5.32 Å². The van der Waals surface area contributed by atoms with E-state index in [-0.39, 0.29) is 12.3 Å². The molecule has 23 heavy (non-hydrogen) atoms. The van der Waals surface area contributed by atoms with Crippen molar-refractivity contribution >= 4 is 17.2 Å². The highest BCUT2D eigenvalue weighted by Gasteiger charge is 2.09. The highest BCUT2D eigenvalue weighted by Crippen LogP contribution is 2.24. The summed E-state index contributed by atoms with van der Waals surface area (Å²) < 4.78 is 0.